The fourth-order valence-electron chi connectivity index (χ4n) is 1.91. The maximum Gasteiger partial charge on any atom is 0.315 e. The molecule has 0 aliphatic heterocycles. The Morgan fingerprint density at radius 2 is 2.27 bits per heavy atom. The summed E-state index contributed by atoms with van der Waals surface area (Å²) < 4.78 is 0.922. The lowest BCUT2D eigenvalue weighted by Crippen LogP contribution is -2.43. The van der Waals surface area contributed by atoms with Gasteiger partial charge in [-0.2, -0.15) is 0 Å². The van der Waals surface area contributed by atoms with Crippen molar-refractivity contribution in [1.29, 1.82) is 0 Å². The van der Waals surface area contributed by atoms with Gasteiger partial charge in [0.15, 0.2) is 0 Å². The Morgan fingerprint density at radius 1 is 1.60 bits per heavy atom. The Hall–Kier alpha value is -0.900. The molecular weight excluding hydrogens is 258 g/mol. The largest absolute Gasteiger partial charge is 0.481 e. The number of aromatic nitrogens is 1. The summed E-state index contributed by atoms with van der Waals surface area (Å²) >= 11 is 3.36. The van der Waals surface area contributed by atoms with Crippen molar-refractivity contribution < 1.29 is 9.90 Å². The Bertz CT molecular complexity index is 413. The van der Waals surface area contributed by atoms with E-state index in [1.807, 2.05) is 13.0 Å². The molecule has 1 aromatic heterocycles. The molecule has 1 N–H and O–H groups in total. The number of halogens is 1. The van der Waals surface area contributed by atoms with Crippen molar-refractivity contribution in [3.63, 3.8) is 0 Å². The fraction of sp³-hybridized carbons (Fsp3) is 0.455. The molecule has 0 saturated heterocycles. The van der Waals surface area contributed by atoms with Crippen molar-refractivity contribution in [2.45, 2.75) is 31.6 Å². The summed E-state index contributed by atoms with van der Waals surface area (Å²) in [4.78, 5) is 15.5. The second-order valence-electron chi connectivity index (χ2n) is 4.06. The lowest BCUT2D eigenvalue weighted by Gasteiger charge is -2.37. The van der Waals surface area contributed by atoms with Crippen LogP contribution in [0.3, 0.4) is 0 Å². The number of hydrogen-bond donors (Lipinski definition) is 1. The van der Waals surface area contributed by atoms with Gasteiger partial charge in [0.2, 0.25) is 0 Å². The number of pyridine rings is 1. The molecule has 1 saturated carbocycles. The summed E-state index contributed by atoms with van der Waals surface area (Å²) in [5.74, 6) is -0.747. The monoisotopic (exact) mass is 269 g/mol. The number of aliphatic carboxylic acids is 1. The third-order valence-electron chi connectivity index (χ3n) is 3.15. The normalized spacial score (nSPS) is 18.3. The van der Waals surface area contributed by atoms with E-state index < -0.39 is 11.4 Å². The van der Waals surface area contributed by atoms with Gasteiger partial charge in [0.1, 0.15) is 5.41 Å². The highest BCUT2D eigenvalue weighted by atomic mass is 79.9. The predicted molar refractivity (Wildman–Crippen MR) is 59.8 cm³/mol. The molecule has 0 amide bonds. The highest BCUT2D eigenvalue weighted by molar-refractivity contribution is 9.10. The molecule has 80 valence electrons. The molecule has 0 bridgehead atoms. The lowest BCUT2D eigenvalue weighted by molar-refractivity contribution is -0.147. The van der Waals surface area contributed by atoms with Gasteiger partial charge in [0, 0.05) is 10.7 Å². The van der Waals surface area contributed by atoms with Crippen LogP contribution in [0.2, 0.25) is 0 Å². The van der Waals surface area contributed by atoms with Crippen LogP contribution in [0.1, 0.15) is 30.5 Å². The molecule has 0 atom stereocenters. The summed E-state index contributed by atoms with van der Waals surface area (Å²) in [6.45, 7) is 1.95. The van der Waals surface area contributed by atoms with Gasteiger partial charge in [-0.3, -0.25) is 9.78 Å². The van der Waals surface area contributed by atoms with E-state index in [1.165, 1.54) is 0 Å². The fourth-order valence-corrected chi connectivity index (χ4v) is 2.13. The maximum atomic E-state index is 11.2. The molecule has 1 aliphatic carbocycles. The Balaban J connectivity index is 2.44. The Kier molecular flexibility index (Phi) is 2.54. The molecule has 0 aromatic carbocycles. The highest BCUT2D eigenvalue weighted by Crippen LogP contribution is 2.43. The average molecular weight is 270 g/mol. The summed E-state index contributed by atoms with van der Waals surface area (Å²) in [6.07, 6.45) is 4.07. The molecule has 0 spiro atoms. The van der Waals surface area contributed by atoms with E-state index in [9.17, 15) is 9.90 Å². The molecule has 1 aliphatic rings. The summed E-state index contributed by atoms with van der Waals surface area (Å²) in [5.41, 5.74) is 1.01. The van der Waals surface area contributed by atoms with Gasteiger partial charge in [-0.25, -0.2) is 0 Å². The molecule has 2 rings (SSSR count). The van der Waals surface area contributed by atoms with Gasteiger partial charge in [0.25, 0.3) is 0 Å². The third-order valence-corrected chi connectivity index (χ3v) is 3.98. The van der Waals surface area contributed by atoms with Crippen molar-refractivity contribution in [3.05, 3.63) is 28.0 Å². The molecule has 1 heterocycles. The summed E-state index contributed by atoms with van der Waals surface area (Å²) in [5, 5.41) is 9.25. The molecule has 4 heteroatoms. The molecule has 0 unspecified atom stereocenters. The van der Waals surface area contributed by atoms with E-state index in [1.54, 1.807) is 6.20 Å². The van der Waals surface area contributed by atoms with E-state index >= 15 is 0 Å². The minimum Gasteiger partial charge on any atom is -0.481 e. The van der Waals surface area contributed by atoms with Crippen LogP contribution in [0.25, 0.3) is 0 Å². The smallest absolute Gasteiger partial charge is 0.315 e. The first kappa shape index (κ1) is 10.6. The van der Waals surface area contributed by atoms with Crippen LogP contribution in [-0.2, 0) is 10.2 Å². The van der Waals surface area contributed by atoms with Gasteiger partial charge in [-0.15, -0.1) is 0 Å². The van der Waals surface area contributed by atoms with Crippen LogP contribution in [0.5, 0.6) is 0 Å². The number of rotatable bonds is 2. The molecule has 1 fully saturated rings. The summed E-state index contributed by atoms with van der Waals surface area (Å²) in [7, 11) is 0. The van der Waals surface area contributed by atoms with Gasteiger partial charge >= 0.3 is 5.97 Å². The minimum absolute atomic E-state index is 0.696. The zero-order valence-corrected chi connectivity index (χ0v) is 10.0. The first-order valence-corrected chi connectivity index (χ1v) is 5.71. The lowest BCUT2D eigenvalue weighted by atomic mass is 9.66. The second-order valence-corrected chi connectivity index (χ2v) is 4.91. The van der Waals surface area contributed by atoms with Crippen LogP contribution in [0.4, 0.5) is 0 Å². The molecular formula is C11H12BrNO2. The van der Waals surface area contributed by atoms with Crippen LogP contribution < -0.4 is 0 Å². The average Bonchev–Trinajstić information content (AvgIpc) is 2.08. The molecule has 3 nitrogen and oxygen atoms in total. The third kappa shape index (κ3) is 1.57. The first-order chi connectivity index (χ1) is 7.06. The quantitative estimate of drug-likeness (QED) is 0.898. The van der Waals surface area contributed by atoms with Gasteiger partial charge in [0.05, 0.1) is 5.69 Å². The molecule has 1 aromatic rings. The van der Waals surface area contributed by atoms with Crippen LogP contribution in [0, 0.1) is 6.92 Å². The van der Waals surface area contributed by atoms with Gasteiger partial charge < -0.3 is 5.11 Å². The SMILES string of the molecule is Cc1cc(C2(C(=O)O)CCC2)ncc1Br. The number of aryl methyl sites for hydroxylation is 1. The van der Waals surface area contributed by atoms with Crippen molar-refractivity contribution in [3.8, 4) is 0 Å². The van der Waals surface area contributed by atoms with Crippen molar-refractivity contribution in [1.82, 2.24) is 4.98 Å². The first-order valence-electron chi connectivity index (χ1n) is 4.92. The van der Waals surface area contributed by atoms with E-state index in [2.05, 4.69) is 20.9 Å². The molecule has 15 heavy (non-hydrogen) atoms. The number of carboxylic acid groups (broad SMARTS) is 1. The Labute approximate surface area is 96.7 Å². The standard InChI is InChI=1S/C11H12BrNO2/c1-7-5-9(13-6-8(7)12)11(10(14)15)3-2-4-11/h5-6H,2-4H2,1H3,(H,14,15). The topological polar surface area (TPSA) is 50.2 Å². The Morgan fingerprint density at radius 3 is 2.67 bits per heavy atom. The highest BCUT2D eigenvalue weighted by Gasteiger charge is 2.47. The molecule has 0 radical (unpaired) electrons. The van der Waals surface area contributed by atoms with Crippen molar-refractivity contribution >= 4 is 21.9 Å². The van der Waals surface area contributed by atoms with E-state index in [0.29, 0.717) is 18.5 Å². The maximum absolute atomic E-state index is 11.2. The zero-order chi connectivity index (χ0) is 11.1. The van der Waals surface area contributed by atoms with E-state index in [-0.39, 0.29) is 0 Å². The van der Waals surface area contributed by atoms with E-state index in [0.717, 1.165) is 16.5 Å². The van der Waals surface area contributed by atoms with Crippen molar-refractivity contribution in [2.24, 2.45) is 0 Å². The predicted octanol–water partition coefficient (Wildman–Crippen LogP) is 2.66. The van der Waals surface area contributed by atoms with Crippen molar-refractivity contribution in [2.75, 3.05) is 0 Å². The van der Waals surface area contributed by atoms with Gasteiger partial charge in [-0.05, 0) is 47.3 Å². The second kappa shape index (κ2) is 3.59. The van der Waals surface area contributed by atoms with E-state index in [4.69, 9.17) is 0 Å². The number of carboxylic acids is 1. The number of carbonyl (C=O) groups is 1. The van der Waals surface area contributed by atoms with Gasteiger partial charge in [-0.1, -0.05) is 6.42 Å². The number of hydrogen-bond acceptors (Lipinski definition) is 2. The van der Waals surface area contributed by atoms with Crippen LogP contribution in [-0.4, -0.2) is 16.1 Å². The van der Waals surface area contributed by atoms with Crippen LogP contribution in [0.15, 0.2) is 16.7 Å². The number of nitrogens with zero attached hydrogens (tertiary/aromatic N) is 1. The van der Waals surface area contributed by atoms with Crippen LogP contribution >= 0.6 is 15.9 Å². The summed E-state index contributed by atoms with van der Waals surface area (Å²) in [6, 6.07) is 1.87. The zero-order valence-electron chi connectivity index (χ0n) is 8.46. The minimum atomic E-state index is -0.747.